The number of pyridine rings is 2. The summed E-state index contributed by atoms with van der Waals surface area (Å²) < 4.78 is 5.52. The number of aryl methyl sites for hydroxylation is 1. The molecule has 2 aliphatic heterocycles. The number of hydrogen-bond donors (Lipinski definition) is 4. The molecule has 1 amide bonds. The van der Waals surface area contributed by atoms with Crippen LogP contribution in [0, 0.1) is 12.8 Å². The number of carbonyl (C=O) groups excluding carboxylic acids is 1. The third kappa shape index (κ3) is 5.12. The van der Waals surface area contributed by atoms with E-state index < -0.39 is 0 Å². The quantitative estimate of drug-likeness (QED) is 0.216. The molecule has 4 N–H and O–H groups in total. The highest BCUT2D eigenvalue weighted by molar-refractivity contribution is 6.00. The Kier molecular flexibility index (Phi) is 6.56. The van der Waals surface area contributed by atoms with Crippen LogP contribution in [0.15, 0.2) is 67.2 Å². The third-order valence-electron chi connectivity index (χ3n) is 7.84. The van der Waals surface area contributed by atoms with E-state index in [1.165, 1.54) is 0 Å². The lowest BCUT2D eigenvalue weighted by Gasteiger charge is -2.22. The van der Waals surface area contributed by atoms with Crippen LogP contribution >= 0.6 is 0 Å². The maximum atomic E-state index is 12.8. The molecule has 5 aromatic rings. The second-order valence-electron chi connectivity index (χ2n) is 10.8. The Bertz CT molecular complexity index is 1820. The van der Waals surface area contributed by atoms with Crippen molar-refractivity contribution < 1.29 is 9.53 Å². The molecule has 0 saturated carbocycles. The van der Waals surface area contributed by atoms with Crippen molar-refractivity contribution in [3.63, 3.8) is 0 Å². The minimum Gasteiger partial charge on any atom is -0.496 e. The second-order valence-corrected chi connectivity index (χ2v) is 10.8. The number of hydrogen-bond acceptors (Lipinski definition) is 6. The van der Waals surface area contributed by atoms with Gasteiger partial charge in [-0.15, -0.1) is 0 Å². The van der Waals surface area contributed by atoms with Gasteiger partial charge in [0.15, 0.2) is 0 Å². The largest absolute Gasteiger partial charge is 0.496 e. The van der Waals surface area contributed by atoms with Gasteiger partial charge >= 0.3 is 0 Å². The first-order valence-electron chi connectivity index (χ1n) is 14.0. The Morgan fingerprint density at radius 1 is 1.10 bits per heavy atom. The number of allylic oxidation sites excluding steroid dienone is 2. The van der Waals surface area contributed by atoms with E-state index in [9.17, 15) is 4.79 Å². The van der Waals surface area contributed by atoms with Gasteiger partial charge in [-0.25, -0.2) is 4.98 Å². The zero-order valence-electron chi connectivity index (χ0n) is 22.8. The molecular weight excluding hydrogens is 514 g/mol. The van der Waals surface area contributed by atoms with Crippen LogP contribution in [0.25, 0.3) is 50.2 Å². The van der Waals surface area contributed by atoms with Gasteiger partial charge in [0.2, 0.25) is 5.91 Å². The summed E-state index contributed by atoms with van der Waals surface area (Å²) in [5, 5.41) is 16.2. The Balaban J connectivity index is 1.20. The molecule has 0 radical (unpaired) electrons. The molecule has 9 heteroatoms. The molecule has 1 aromatic carbocycles. The number of nitrogens with zero attached hydrogens (tertiary/aromatic N) is 3. The number of rotatable bonds is 6. The highest BCUT2D eigenvalue weighted by Gasteiger charge is 2.18. The van der Waals surface area contributed by atoms with Gasteiger partial charge < -0.3 is 20.4 Å². The fourth-order valence-corrected chi connectivity index (χ4v) is 5.81. The lowest BCUT2D eigenvalue weighted by molar-refractivity contribution is -0.117. The molecule has 7 rings (SSSR count). The van der Waals surface area contributed by atoms with E-state index in [1.807, 2.05) is 37.3 Å². The first kappa shape index (κ1) is 25.2. The number of fused-ring (bicyclic) bond motifs is 2. The monoisotopic (exact) mass is 545 g/mol. The number of aromatic nitrogens is 5. The normalized spacial score (nSPS) is 15.7. The van der Waals surface area contributed by atoms with E-state index in [4.69, 9.17) is 9.72 Å². The molecule has 0 atom stereocenters. The predicted molar refractivity (Wildman–Crippen MR) is 161 cm³/mol. The summed E-state index contributed by atoms with van der Waals surface area (Å²) in [6.07, 6.45) is 12.1. The van der Waals surface area contributed by atoms with Crippen LogP contribution in [0.2, 0.25) is 0 Å². The molecule has 1 saturated heterocycles. The average Bonchev–Trinajstić information content (AvgIpc) is 3.61. The summed E-state index contributed by atoms with van der Waals surface area (Å²) >= 11 is 0. The first-order valence-corrected chi connectivity index (χ1v) is 14.0. The molecule has 6 heterocycles. The molecule has 41 heavy (non-hydrogen) atoms. The zero-order valence-corrected chi connectivity index (χ0v) is 22.8. The van der Waals surface area contributed by atoms with Crippen molar-refractivity contribution in [2.45, 2.75) is 26.2 Å². The van der Waals surface area contributed by atoms with Crippen LogP contribution < -0.4 is 10.6 Å². The number of H-pyrrole nitrogens is 2. The Hall–Kier alpha value is -4.76. The molecule has 0 spiro atoms. The average molecular weight is 546 g/mol. The fourth-order valence-electron chi connectivity index (χ4n) is 5.81. The summed E-state index contributed by atoms with van der Waals surface area (Å²) in [6.45, 7) is 4.58. The van der Waals surface area contributed by atoms with Gasteiger partial charge in [-0.1, -0.05) is 6.08 Å². The zero-order chi connectivity index (χ0) is 27.8. The molecule has 0 unspecified atom stereocenters. The lowest BCUT2D eigenvalue weighted by Crippen LogP contribution is -2.30. The van der Waals surface area contributed by atoms with E-state index >= 15 is 0 Å². The number of nitrogens with one attached hydrogen (secondary N) is 4. The number of piperidine rings is 1. The maximum absolute atomic E-state index is 12.8. The van der Waals surface area contributed by atoms with E-state index in [0.717, 1.165) is 92.9 Å². The maximum Gasteiger partial charge on any atom is 0.224 e. The summed E-state index contributed by atoms with van der Waals surface area (Å²) in [5.74, 6) is 0.496. The number of ether oxygens (including phenoxy) is 1. The third-order valence-corrected chi connectivity index (χ3v) is 7.84. The summed E-state index contributed by atoms with van der Waals surface area (Å²) in [6, 6.07) is 12.2. The smallest absolute Gasteiger partial charge is 0.224 e. The standard InChI is InChI=1S/C32H31N7O2/c1-19-11-22(14-23(12-19)36-30(40)13-20-4-7-33-8-5-20)27-16-26-29(17-35-27)38-39-31(26)28-15-25-24(6-9-34-32(25)37-28)21-3-2-10-41-18-21/h2-3,6,9,11-12,14-18,20,33H,4-5,7-8,10,13H2,1H3,(H,34,37)(H,36,40)(H,38,39). The Morgan fingerprint density at radius 2 is 2.00 bits per heavy atom. The minimum absolute atomic E-state index is 0.0619. The molecule has 1 fully saturated rings. The molecule has 206 valence electrons. The molecule has 9 nitrogen and oxygen atoms in total. The van der Waals surface area contributed by atoms with Crippen LogP contribution in [0.5, 0.6) is 0 Å². The van der Waals surface area contributed by atoms with Gasteiger partial charge in [0.1, 0.15) is 17.9 Å². The molecule has 0 aliphatic carbocycles. The van der Waals surface area contributed by atoms with Crippen molar-refractivity contribution in [3.05, 3.63) is 78.3 Å². The second kappa shape index (κ2) is 10.7. The van der Waals surface area contributed by atoms with Crippen LogP contribution in [0.4, 0.5) is 5.69 Å². The lowest BCUT2D eigenvalue weighted by atomic mass is 9.94. The summed E-state index contributed by atoms with van der Waals surface area (Å²) in [4.78, 5) is 25.5. The van der Waals surface area contributed by atoms with Crippen LogP contribution in [0.1, 0.15) is 30.4 Å². The molecule has 2 aliphatic rings. The van der Waals surface area contributed by atoms with E-state index in [0.29, 0.717) is 18.9 Å². The fraction of sp³-hybridized carbons (Fsp3) is 0.250. The highest BCUT2D eigenvalue weighted by atomic mass is 16.5. The van der Waals surface area contributed by atoms with Crippen LogP contribution in [-0.2, 0) is 9.53 Å². The van der Waals surface area contributed by atoms with Crippen molar-refractivity contribution in [2.24, 2.45) is 5.92 Å². The van der Waals surface area contributed by atoms with Crippen molar-refractivity contribution in [1.82, 2.24) is 30.5 Å². The number of amides is 1. The van der Waals surface area contributed by atoms with Crippen LogP contribution in [-0.4, -0.2) is 50.8 Å². The van der Waals surface area contributed by atoms with Gasteiger partial charge in [-0.2, -0.15) is 5.10 Å². The van der Waals surface area contributed by atoms with Gasteiger partial charge in [-0.3, -0.25) is 14.9 Å². The van der Waals surface area contributed by atoms with Crippen LogP contribution in [0.3, 0.4) is 0 Å². The molecule has 4 aromatic heterocycles. The van der Waals surface area contributed by atoms with Crippen molar-refractivity contribution in [3.8, 4) is 22.6 Å². The first-order chi connectivity index (χ1) is 20.1. The van der Waals surface area contributed by atoms with E-state index in [1.54, 1.807) is 18.7 Å². The number of anilines is 1. The van der Waals surface area contributed by atoms with Gasteiger partial charge in [0, 0.05) is 40.2 Å². The number of carbonyl (C=O) groups is 1. The summed E-state index contributed by atoms with van der Waals surface area (Å²) in [7, 11) is 0. The SMILES string of the molecule is Cc1cc(NC(=O)CC2CCNCC2)cc(-c2cc3c(-c4cc5c(C6=COCC=C6)ccnc5[nH]4)n[nH]c3cn2)c1. The topological polar surface area (TPSA) is 121 Å². The van der Waals surface area contributed by atoms with E-state index in [2.05, 4.69) is 49.0 Å². The predicted octanol–water partition coefficient (Wildman–Crippen LogP) is 5.73. The molecular formula is C32H31N7O2. The van der Waals surface area contributed by atoms with Crippen molar-refractivity contribution >= 4 is 39.1 Å². The van der Waals surface area contributed by atoms with Gasteiger partial charge in [0.25, 0.3) is 0 Å². The summed E-state index contributed by atoms with van der Waals surface area (Å²) in [5.41, 5.74) is 8.91. The highest BCUT2D eigenvalue weighted by Crippen LogP contribution is 2.34. The number of benzene rings is 1. The minimum atomic E-state index is 0.0619. The van der Waals surface area contributed by atoms with Crippen molar-refractivity contribution in [2.75, 3.05) is 25.0 Å². The molecule has 0 bridgehead atoms. The number of aromatic amines is 2. The van der Waals surface area contributed by atoms with Gasteiger partial charge in [0.05, 0.1) is 29.4 Å². The Labute approximate surface area is 237 Å². The van der Waals surface area contributed by atoms with Crippen molar-refractivity contribution in [1.29, 1.82) is 0 Å². The Morgan fingerprint density at radius 3 is 2.85 bits per heavy atom. The van der Waals surface area contributed by atoms with Gasteiger partial charge in [-0.05, 0) is 92.4 Å². The van der Waals surface area contributed by atoms with E-state index in [-0.39, 0.29) is 5.91 Å².